The Balaban J connectivity index is 1.94. The molecule has 110 valence electrons. The highest BCUT2D eigenvalue weighted by atomic mass is 32.1. The minimum Gasteiger partial charge on any atom is -0.377 e. The number of hydrogen-bond acceptors (Lipinski definition) is 5. The molecule has 1 amide bonds. The summed E-state index contributed by atoms with van der Waals surface area (Å²) in [7, 11) is 0. The Morgan fingerprint density at radius 2 is 2.43 bits per heavy atom. The third-order valence-corrected chi connectivity index (χ3v) is 4.06. The molecule has 3 heterocycles. The van der Waals surface area contributed by atoms with Crippen molar-refractivity contribution in [3.63, 3.8) is 0 Å². The van der Waals surface area contributed by atoms with Crippen molar-refractivity contribution in [2.75, 3.05) is 19.8 Å². The molecule has 0 radical (unpaired) electrons. The molecule has 21 heavy (non-hydrogen) atoms. The molecule has 1 saturated heterocycles. The van der Waals surface area contributed by atoms with E-state index in [1.165, 1.54) is 17.4 Å². The summed E-state index contributed by atoms with van der Waals surface area (Å²) in [6, 6.07) is 2.91. The molecule has 2 aromatic heterocycles. The van der Waals surface area contributed by atoms with Gasteiger partial charge in [0.25, 0.3) is 11.5 Å². The van der Waals surface area contributed by atoms with Crippen LogP contribution >= 0.6 is 11.3 Å². The van der Waals surface area contributed by atoms with Crippen molar-refractivity contribution in [2.24, 2.45) is 0 Å². The van der Waals surface area contributed by atoms with Crippen molar-refractivity contribution in [3.05, 3.63) is 50.3 Å². The van der Waals surface area contributed by atoms with Crippen LogP contribution in [-0.2, 0) is 4.74 Å². The average Bonchev–Trinajstić information content (AvgIpc) is 2.99. The number of carbonyl (C=O) groups excluding carboxylic acids is 1. The molecule has 6 nitrogen and oxygen atoms in total. The van der Waals surface area contributed by atoms with Crippen LogP contribution in [0.1, 0.15) is 27.9 Å². The maximum Gasteiger partial charge on any atom is 0.255 e. The van der Waals surface area contributed by atoms with Gasteiger partial charge >= 0.3 is 0 Å². The van der Waals surface area contributed by atoms with Gasteiger partial charge in [0.2, 0.25) is 0 Å². The van der Waals surface area contributed by atoms with Crippen LogP contribution in [0.15, 0.2) is 27.7 Å². The first kappa shape index (κ1) is 14.0. The van der Waals surface area contributed by atoms with Crippen molar-refractivity contribution in [3.8, 4) is 0 Å². The molecule has 0 unspecified atom stereocenters. The number of nitrogens with one attached hydrogen (secondary N) is 1. The lowest BCUT2D eigenvalue weighted by Crippen LogP contribution is -2.44. The third-order valence-electron chi connectivity index (χ3n) is 3.38. The number of H-pyrrole nitrogens is 1. The number of aryl methyl sites for hydroxylation is 1. The molecule has 1 atom stereocenters. The lowest BCUT2D eigenvalue weighted by molar-refractivity contribution is -0.00398. The topological polar surface area (TPSA) is 75.3 Å². The predicted octanol–water partition coefficient (Wildman–Crippen LogP) is 1.35. The van der Waals surface area contributed by atoms with Crippen LogP contribution in [0.5, 0.6) is 0 Å². The van der Waals surface area contributed by atoms with E-state index in [1.54, 1.807) is 17.9 Å². The summed E-state index contributed by atoms with van der Waals surface area (Å²) in [5.74, 6) is 0.482. The summed E-state index contributed by atoms with van der Waals surface area (Å²) in [6.07, 6.45) is 0. The minimum atomic E-state index is -0.327. The van der Waals surface area contributed by atoms with Crippen LogP contribution in [0.3, 0.4) is 0 Å². The first-order chi connectivity index (χ1) is 10.1. The van der Waals surface area contributed by atoms with Crippen LogP contribution < -0.4 is 5.56 Å². The summed E-state index contributed by atoms with van der Waals surface area (Å²) >= 11 is 1.48. The van der Waals surface area contributed by atoms with E-state index in [0.29, 0.717) is 36.8 Å². The summed E-state index contributed by atoms with van der Waals surface area (Å²) in [6.45, 7) is 3.06. The van der Waals surface area contributed by atoms with E-state index in [4.69, 9.17) is 4.74 Å². The number of nitrogens with zero attached hydrogens (tertiary/aromatic N) is 2. The molecule has 1 aliphatic rings. The number of aromatic nitrogens is 2. The van der Waals surface area contributed by atoms with E-state index >= 15 is 0 Å². The van der Waals surface area contributed by atoms with Gasteiger partial charge in [-0.3, -0.25) is 9.59 Å². The molecule has 2 aromatic rings. The van der Waals surface area contributed by atoms with Gasteiger partial charge < -0.3 is 14.6 Å². The van der Waals surface area contributed by atoms with Gasteiger partial charge in [-0.25, -0.2) is 4.98 Å². The summed E-state index contributed by atoms with van der Waals surface area (Å²) in [5, 5.41) is 3.70. The van der Waals surface area contributed by atoms with E-state index in [1.807, 2.05) is 10.8 Å². The van der Waals surface area contributed by atoms with E-state index in [-0.39, 0.29) is 17.5 Å². The van der Waals surface area contributed by atoms with Crippen LogP contribution in [0.25, 0.3) is 0 Å². The number of morpholine rings is 1. The standard InChI is InChI=1S/C14H15N3O3S/c1-9-15-11(6-13(18)16-9)12-7-20-4-3-17(12)14(19)10-2-5-21-8-10/h2,5-6,8,12H,3-4,7H2,1H3,(H,15,16,18)/t12-/m1/s1. The van der Waals surface area contributed by atoms with Gasteiger partial charge in [0.1, 0.15) is 5.82 Å². The fourth-order valence-corrected chi connectivity index (χ4v) is 3.05. The van der Waals surface area contributed by atoms with Gasteiger partial charge in [0.15, 0.2) is 0 Å². The fourth-order valence-electron chi connectivity index (χ4n) is 2.42. The maximum atomic E-state index is 12.6. The number of thiophene rings is 1. The van der Waals surface area contributed by atoms with Gasteiger partial charge in [-0.15, -0.1) is 0 Å². The lowest BCUT2D eigenvalue weighted by Gasteiger charge is -2.35. The van der Waals surface area contributed by atoms with Crippen LogP contribution in [0.4, 0.5) is 0 Å². The van der Waals surface area contributed by atoms with Crippen molar-refractivity contribution >= 4 is 17.2 Å². The third kappa shape index (κ3) is 2.88. The maximum absolute atomic E-state index is 12.6. The largest absolute Gasteiger partial charge is 0.377 e. The zero-order chi connectivity index (χ0) is 14.8. The molecular weight excluding hydrogens is 290 g/mol. The molecule has 0 spiro atoms. The Morgan fingerprint density at radius 3 is 3.14 bits per heavy atom. The molecule has 0 aromatic carbocycles. The van der Waals surface area contributed by atoms with Gasteiger partial charge in [-0.2, -0.15) is 11.3 Å². The molecule has 1 N–H and O–H groups in total. The number of rotatable bonds is 2. The van der Waals surface area contributed by atoms with Gasteiger partial charge in [0, 0.05) is 18.0 Å². The summed E-state index contributed by atoms with van der Waals surface area (Å²) in [5.41, 5.74) is 1.01. The summed E-state index contributed by atoms with van der Waals surface area (Å²) < 4.78 is 5.47. The van der Waals surface area contributed by atoms with Crippen molar-refractivity contribution in [2.45, 2.75) is 13.0 Å². The normalized spacial score (nSPS) is 18.7. The Hall–Kier alpha value is -1.99. The Kier molecular flexibility index (Phi) is 3.85. The Labute approximate surface area is 125 Å². The molecule has 0 aliphatic carbocycles. The zero-order valence-electron chi connectivity index (χ0n) is 11.5. The molecule has 1 fully saturated rings. The highest BCUT2D eigenvalue weighted by molar-refractivity contribution is 7.08. The van der Waals surface area contributed by atoms with E-state index in [2.05, 4.69) is 9.97 Å². The first-order valence-corrected chi connectivity index (χ1v) is 7.58. The molecule has 3 rings (SSSR count). The monoisotopic (exact) mass is 305 g/mol. The van der Waals surface area contributed by atoms with Gasteiger partial charge in [-0.05, 0) is 18.4 Å². The zero-order valence-corrected chi connectivity index (χ0v) is 12.4. The van der Waals surface area contributed by atoms with Crippen molar-refractivity contribution in [1.29, 1.82) is 0 Å². The van der Waals surface area contributed by atoms with Crippen LogP contribution in [0, 0.1) is 6.92 Å². The second-order valence-electron chi connectivity index (χ2n) is 4.86. The smallest absolute Gasteiger partial charge is 0.255 e. The second-order valence-corrected chi connectivity index (χ2v) is 5.64. The van der Waals surface area contributed by atoms with Crippen LogP contribution in [0.2, 0.25) is 0 Å². The number of ether oxygens (including phenoxy) is 1. The molecular formula is C14H15N3O3S. The van der Waals surface area contributed by atoms with E-state index < -0.39 is 0 Å². The molecule has 0 bridgehead atoms. The van der Waals surface area contributed by atoms with Gasteiger partial charge in [0.05, 0.1) is 30.5 Å². The van der Waals surface area contributed by atoms with Crippen molar-refractivity contribution < 1.29 is 9.53 Å². The molecule has 7 heteroatoms. The number of carbonyl (C=O) groups is 1. The number of amides is 1. The quantitative estimate of drug-likeness (QED) is 0.909. The lowest BCUT2D eigenvalue weighted by atomic mass is 10.1. The van der Waals surface area contributed by atoms with Crippen molar-refractivity contribution in [1.82, 2.24) is 14.9 Å². The predicted molar refractivity (Wildman–Crippen MR) is 78.5 cm³/mol. The SMILES string of the molecule is Cc1nc([C@H]2COCCN2C(=O)c2ccsc2)cc(=O)[nH]1. The van der Waals surface area contributed by atoms with Gasteiger partial charge in [-0.1, -0.05) is 0 Å². The minimum absolute atomic E-state index is 0.0516. The van der Waals surface area contributed by atoms with Crippen LogP contribution in [-0.4, -0.2) is 40.5 Å². The average molecular weight is 305 g/mol. The Morgan fingerprint density at radius 1 is 1.57 bits per heavy atom. The molecule has 1 aliphatic heterocycles. The second kappa shape index (κ2) is 5.79. The number of hydrogen-bond donors (Lipinski definition) is 1. The highest BCUT2D eigenvalue weighted by Gasteiger charge is 2.30. The first-order valence-electron chi connectivity index (χ1n) is 6.64. The highest BCUT2D eigenvalue weighted by Crippen LogP contribution is 2.24. The Bertz CT molecular complexity index is 696. The van der Waals surface area contributed by atoms with E-state index in [9.17, 15) is 9.59 Å². The van der Waals surface area contributed by atoms with E-state index in [0.717, 1.165) is 0 Å². The number of aromatic amines is 1. The fraction of sp³-hybridized carbons (Fsp3) is 0.357. The molecule has 0 saturated carbocycles. The summed E-state index contributed by atoms with van der Waals surface area (Å²) in [4.78, 5) is 32.9.